The van der Waals surface area contributed by atoms with Crippen molar-refractivity contribution < 1.29 is 9.47 Å². The first-order valence-corrected chi connectivity index (χ1v) is 8.40. The molecule has 7 heteroatoms. The lowest BCUT2D eigenvalue weighted by molar-refractivity contribution is 0.305. The molecule has 2 rings (SSSR count). The smallest absolute Gasteiger partial charge is 0.213 e. The van der Waals surface area contributed by atoms with Gasteiger partial charge in [0.05, 0.1) is 13.7 Å². The molecule has 0 aliphatic carbocycles. The Balaban J connectivity index is 0.00000338. The molecule has 2 N–H and O–H groups in total. The Labute approximate surface area is 172 Å². The van der Waals surface area contributed by atoms with E-state index in [1.807, 2.05) is 42.6 Å². The number of benzene rings is 1. The average molecular weight is 470 g/mol. The first kappa shape index (κ1) is 22.0. The minimum atomic E-state index is 0. The molecule has 0 amide bonds. The quantitative estimate of drug-likeness (QED) is 0.352. The van der Waals surface area contributed by atoms with Crippen LogP contribution in [0.2, 0.25) is 0 Å². The van der Waals surface area contributed by atoms with E-state index in [0.717, 1.165) is 29.3 Å². The van der Waals surface area contributed by atoms with Crippen molar-refractivity contribution in [1.82, 2.24) is 15.6 Å². The number of hydrogen-bond acceptors (Lipinski definition) is 4. The van der Waals surface area contributed by atoms with Gasteiger partial charge in [0.25, 0.3) is 0 Å². The number of halogens is 1. The van der Waals surface area contributed by atoms with E-state index >= 15 is 0 Å². The predicted molar refractivity (Wildman–Crippen MR) is 115 cm³/mol. The first-order valence-electron chi connectivity index (χ1n) is 8.40. The van der Waals surface area contributed by atoms with Crippen LogP contribution in [-0.2, 0) is 13.1 Å². The van der Waals surface area contributed by atoms with Crippen LogP contribution in [0.1, 0.15) is 24.5 Å². The summed E-state index contributed by atoms with van der Waals surface area (Å²) in [6.45, 7) is 4.09. The summed E-state index contributed by atoms with van der Waals surface area (Å²) in [6.07, 6.45) is 2.79. The van der Waals surface area contributed by atoms with Gasteiger partial charge in [0, 0.05) is 32.4 Å². The third-order valence-corrected chi connectivity index (χ3v) is 3.55. The summed E-state index contributed by atoms with van der Waals surface area (Å²) in [6, 6.07) is 11.8. The Hall–Kier alpha value is -2.03. The van der Waals surface area contributed by atoms with Crippen molar-refractivity contribution in [2.45, 2.75) is 26.4 Å². The fraction of sp³-hybridized carbons (Fsp3) is 0.368. The zero-order valence-corrected chi connectivity index (χ0v) is 17.8. The van der Waals surface area contributed by atoms with E-state index in [1.165, 1.54) is 0 Å². The van der Waals surface area contributed by atoms with Crippen LogP contribution in [0.3, 0.4) is 0 Å². The zero-order valence-electron chi connectivity index (χ0n) is 15.5. The summed E-state index contributed by atoms with van der Waals surface area (Å²) < 4.78 is 10.6. The second-order valence-electron chi connectivity index (χ2n) is 5.48. The Morgan fingerprint density at radius 1 is 1.04 bits per heavy atom. The second kappa shape index (κ2) is 12.3. The van der Waals surface area contributed by atoms with Gasteiger partial charge in [-0.05, 0) is 29.7 Å². The monoisotopic (exact) mass is 470 g/mol. The summed E-state index contributed by atoms with van der Waals surface area (Å²) in [5.41, 5.74) is 2.22. The van der Waals surface area contributed by atoms with E-state index in [0.29, 0.717) is 25.6 Å². The highest BCUT2D eigenvalue weighted by Gasteiger charge is 2.01. The number of pyridine rings is 1. The van der Waals surface area contributed by atoms with Gasteiger partial charge in [-0.2, -0.15) is 0 Å². The summed E-state index contributed by atoms with van der Waals surface area (Å²) in [5, 5.41) is 6.56. The molecule has 0 fully saturated rings. The number of aliphatic imine (C=N–C) groups is 1. The van der Waals surface area contributed by atoms with Gasteiger partial charge < -0.3 is 20.1 Å². The Morgan fingerprint density at radius 3 is 2.23 bits per heavy atom. The Morgan fingerprint density at radius 2 is 1.69 bits per heavy atom. The fourth-order valence-electron chi connectivity index (χ4n) is 2.14. The number of aromatic nitrogens is 1. The highest BCUT2D eigenvalue weighted by atomic mass is 127. The fourth-order valence-corrected chi connectivity index (χ4v) is 2.14. The second-order valence-corrected chi connectivity index (χ2v) is 5.48. The number of nitrogens with one attached hydrogen (secondary N) is 2. The molecule has 0 saturated heterocycles. The van der Waals surface area contributed by atoms with E-state index in [2.05, 4.69) is 27.5 Å². The van der Waals surface area contributed by atoms with Crippen LogP contribution in [-0.4, -0.2) is 31.7 Å². The molecular formula is C19H27IN4O2. The topological polar surface area (TPSA) is 67.8 Å². The average Bonchev–Trinajstić information content (AvgIpc) is 2.67. The van der Waals surface area contributed by atoms with Crippen molar-refractivity contribution in [3.63, 3.8) is 0 Å². The molecule has 0 unspecified atom stereocenters. The maximum Gasteiger partial charge on any atom is 0.213 e. The highest BCUT2D eigenvalue weighted by molar-refractivity contribution is 14.0. The van der Waals surface area contributed by atoms with Gasteiger partial charge in [-0.3, -0.25) is 4.99 Å². The lowest BCUT2D eigenvalue weighted by atomic mass is 10.2. The number of methoxy groups -OCH3 is 1. The molecule has 0 radical (unpaired) electrons. The lowest BCUT2D eigenvalue weighted by Crippen LogP contribution is -2.36. The number of ether oxygens (including phenoxy) is 2. The number of hydrogen-bond donors (Lipinski definition) is 2. The zero-order chi connectivity index (χ0) is 17.9. The van der Waals surface area contributed by atoms with Crippen LogP contribution in [0.25, 0.3) is 0 Å². The molecule has 26 heavy (non-hydrogen) atoms. The Kier molecular flexibility index (Phi) is 10.5. The predicted octanol–water partition coefficient (Wildman–Crippen LogP) is 3.36. The molecule has 1 heterocycles. The number of nitrogens with zero attached hydrogens (tertiary/aromatic N) is 2. The van der Waals surface area contributed by atoms with Crippen LogP contribution < -0.4 is 20.1 Å². The van der Waals surface area contributed by atoms with Crippen LogP contribution >= 0.6 is 24.0 Å². The van der Waals surface area contributed by atoms with Gasteiger partial charge in [0.15, 0.2) is 5.96 Å². The van der Waals surface area contributed by atoms with Crippen molar-refractivity contribution in [2.24, 2.45) is 4.99 Å². The van der Waals surface area contributed by atoms with Gasteiger partial charge >= 0.3 is 0 Å². The SMILES string of the molecule is CCCOc1ccc(CNC(=NC)NCc2ccc(OC)cc2)cn1.I. The van der Waals surface area contributed by atoms with Gasteiger partial charge in [0.1, 0.15) is 5.75 Å². The summed E-state index contributed by atoms with van der Waals surface area (Å²) in [4.78, 5) is 8.53. The lowest BCUT2D eigenvalue weighted by Gasteiger charge is -2.12. The van der Waals surface area contributed by atoms with Gasteiger partial charge in [-0.25, -0.2) is 4.98 Å². The first-order chi connectivity index (χ1) is 12.2. The number of guanidine groups is 1. The van der Waals surface area contributed by atoms with Crippen molar-refractivity contribution in [3.8, 4) is 11.6 Å². The van der Waals surface area contributed by atoms with Crippen molar-refractivity contribution >= 4 is 29.9 Å². The maximum atomic E-state index is 5.48. The van der Waals surface area contributed by atoms with Gasteiger partial charge in [-0.15, -0.1) is 24.0 Å². The molecule has 0 bridgehead atoms. The highest BCUT2D eigenvalue weighted by Crippen LogP contribution is 2.11. The maximum absolute atomic E-state index is 5.48. The van der Waals surface area contributed by atoms with E-state index < -0.39 is 0 Å². The standard InChI is InChI=1S/C19H26N4O2.HI/c1-4-11-25-18-10-7-16(13-21-18)14-23-19(20-2)22-12-15-5-8-17(24-3)9-6-15;/h5-10,13H,4,11-12,14H2,1-3H3,(H2,20,22,23);1H. The van der Waals surface area contributed by atoms with Crippen LogP contribution in [0.5, 0.6) is 11.6 Å². The third-order valence-electron chi connectivity index (χ3n) is 3.55. The van der Waals surface area contributed by atoms with E-state index in [4.69, 9.17) is 9.47 Å². The van der Waals surface area contributed by atoms with Crippen molar-refractivity contribution in [1.29, 1.82) is 0 Å². The Bertz CT molecular complexity index is 660. The van der Waals surface area contributed by atoms with Gasteiger partial charge in [0.2, 0.25) is 5.88 Å². The molecule has 2 aromatic rings. The van der Waals surface area contributed by atoms with Crippen LogP contribution in [0, 0.1) is 0 Å². The van der Waals surface area contributed by atoms with Crippen LogP contribution in [0.4, 0.5) is 0 Å². The third kappa shape index (κ3) is 7.47. The summed E-state index contributed by atoms with van der Waals surface area (Å²) in [5.74, 6) is 2.25. The molecular weight excluding hydrogens is 443 g/mol. The minimum absolute atomic E-state index is 0. The minimum Gasteiger partial charge on any atom is -0.497 e. The molecule has 1 aromatic heterocycles. The number of rotatable bonds is 8. The van der Waals surface area contributed by atoms with Crippen molar-refractivity contribution in [2.75, 3.05) is 20.8 Å². The molecule has 1 aromatic carbocycles. The molecule has 142 valence electrons. The molecule has 6 nitrogen and oxygen atoms in total. The summed E-state index contributed by atoms with van der Waals surface area (Å²) in [7, 11) is 3.42. The largest absolute Gasteiger partial charge is 0.497 e. The van der Waals surface area contributed by atoms with Crippen LogP contribution in [0.15, 0.2) is 47.6 Å². The summed E-state index contributed by atoms with van der Waals surface area (Å²) >= 11 is 0. The molecule has 0 aliphatic rings. The van der Waals surface area contributed by atoms with Gasteiger partial charge in [-0.1, -0.05) is 25.1 Å². The van der Waals surface area contributed by atoms with E-state index in [1.54, 1.807) is 14.2 Å². The van der Waals surface area contributed by atoms with E-state index in [9.17, 15) is 0 Å². The van der Waals surface area contributed by atoms with Crippen molar-refractivity contribution in [3.05, 3.63) is 53.7 Å². The normalized spacial score (nSPS) is 10.7. The molecule has 0 atom stereocenters. The molecule has 0 aliphatic heterocycles. The molecule has 0 spiro atoms. The van der Waals surface area contributed by atoms with E-state index in [-0.39, 0.29) is 24.0 Å². The molecule has 0 saturated carbocycles.